The second-order valence-corrected chi connectivity index (χ2v) is 18.8. The van der Waals surface area contributed by atoms with E-state index >= 15 is 0 Å². The fraction of sp³-hybridized carbons (Fsp3) is 0.0448. The van der Waals surface area contributed by atoms with Crippen molar-refractivity contribution in [2.24, 2.45) is 0 Å². The maximum atomic E-state index is 2.51. The first-order chi connectivity index (χ1) is 34.0. The summed E-state index contributed by atoms with van der Waals surface area (Å²) in [5.74, 6) is 0. The molecule has 0 unspecified atom stereocenters. The van der Waals surface area contributed by atoms with Crippen molar-refractivity contribution in [1.82, 2.24) is 4.57 Å². The summed E-state index contributed by atoms with van der Waals surface area (Å²) in [4.78, 5) is 2.51. The molecule has 2 nitrogen and oxygen atoms in total. The van der Waals surface area contributed by atoms with Crippen LogP contribution in [0.5, 0.6) is 0 Å². The Morgan fingerprint density at radius 2 is 0.899 bits per heavy atom. The van der Waals surface area contributed by atoms with Gasteiger partial charge < -0.3 is 9.47 Å². The highest BCUT2D eigenvalue weighted by Crippen LogP contribution is 2.53. The van der Waals surface area contributed by atoms with Crippen LogP contribution in [0.3, 0.4) is 0 Å². The van der Waals surface area contributed by atoms with Crippen molar-refractivity contribution in [3.8, 4) is 61.3 Å². The van der Waals surface area contributed by atoms with E-state index in [2.05, 4.69) is 278 Å². The first-order valence-electron chi connectivity index (χ1n) is 24.0. The lowest BCUT2D eigenvalue weighted by Crippen LogP contribution is -2.16. The molecule has 69 heavy (non-hydrogen) atoms. The molecule has 12 aromatic rings. The van der Waals surface area contributed by atoms with Gasteiger partial charge in [-0.25, -0.2) is 0 Å². The quantitative estimate of drug-likeness (QED) is 0.148. The largest absolute Gasteiger partial charge is 0.309 e. The molecule has 0 saturated heterocycles. The molecule has 0 aliphatic heterocycles. The first-order valence-corrected chi connectivity index (χ1v) is 24.0. The highest BCUT2D eigenvalue weighted by molar-refractivity contribution is 6.12. The van der Waals surface area contributed by atoms with Crippen molar-refractivity contribution in [1.29, 1.82) is 0 Å². The van der Waals surface area contributed by atoms with Gasteiger partial charge in [-0.2, -0.15) is 0 Å². The molecule has 2 heteroatoms. The van der Waals surface area contributed by atoms with Crippen LogP contribution in [-0.4, -0.2) is 4.57 Å². The van der Waals surface area contributed by atoms with Gasteiger partial charge in [0.1, 0.15) is 0 Å². The molecule has 11 aromatic carbocycles. The maximum absolute atomic E-state index is 2.51. The van der Waals surface area contributed by atoms with E-state index in [4.69, 9.17) is 0 Å². The average molecular weight is 881 g/mol. The number of rotatable bonds is 8. The third kappa shape index (κ3) is 6.55. The van der Waals surface area contributed by atoms with Gasteiger partial charge in [0.05, 0.1) is 22.4 Å². The lowest BCUT2D eigenvalue weighted by Gasteiger charge is -2.31. The molecule has 13 rings (SSSR count). The number of aromatic nitrogens is 1. The number of anilines is 3. The summed E-state index contributed by atoms with van der Waals surface area (Å²) in [5, 5.41) is 4.90. The summed E-state index contributed by atoms with van der Waals surface area (Å²) in [5.41, 5.74) is 21.6. The van der Waals surface area contributed by atoms with Crippen molar-refractivity contribution in [3.63, 3.8) is 0 Å². The van der Waals surface area contributed by atoms with Crippen molar-refractivity contribution < 1.29 is 0 Å². The number of benzene rings is 11. The van der Waals surface area contributed by atoms with Gasteiger partial charge in [0, 0.05) is 38.7 Å². The van der Waals surface area contributed by atoms with Gasteiger partial charge in [-0.1, -0.05) is 214 Å². The molecule has 0 saturated carbocycles. The second-order valence-electron chi connectivity index (χ2n) is 18.8. The summed E-state index contributed by atoms with van der Waals surface area (Å²) in [7, 11) is 0. The Morgan fingerprint density at radius 3 is 1.71 bits per heavy atom. The van der Waals surface area contributed by atoms with Crippen molar-refractivity contribution in [2.75, 3.05) is 4.90 Å². The number of fused-ring (bicyclic) bond motifs is 7. The number of hydrogen-bond acceptors (Lipinski definition) is 1. The molecule has 1 aromatic heterocycles. The third-order valence-electron chi connectivity index (χ3n) is 14.6. The van der Waals surface area contributed by atoms with Gasteiger partial charge in [0.25, 0.3) is 0 Å². The zero-order chi connectivity index (χ0) is 46.1. The van der Waals surface area contributed by atoms with Crippen molar-refractivity contribution in [3.05, 3.63) is 266 Å². The molecule has 0 amide bonds. The Kier molecular flexibility index (Phi) is 9.55. The monoisotopic (exact) mass is 880 g/mol. The first kappa shape index (κ1) is 40.5. The minimum absolute atomic E-state index is 0.162. The summed E-state index contributed by atoms with van der Waals surface area (Å²) in [6.45, 7) is 4.76. The van der Waals surface area contributed by atoms with Gasteiger partial charge >= 0.3 is 0 Å². The van der Waals surface area contributed by atoms with Gasteiger partial charge in [-0.3, -0.25) is 0 Å². The minimum Gasteiger partial charge on any atom is -0.309 e. The molecule has 0 radical (unpaired) electrons. The van der Waals surface area contributed by atoms with E-state index in [9.17, 15) is 0 Å². The second kappa shape index (κ2) is 16.3. The Hall–Kier alpha value is -8.72. The van der Waals surface area contributed by atoms with Crippen LogP contribution < -0.4 is 4.90 Å². The van der Waals surface area contributed by atoms with E-state index in [0.717, 1.165) is 39.4 Å². The van der Waals surface area contributed by atoms with Crippen molar-refractivity contribution >= 4 is 49.6 Å². The normalized spacial score (nSPS) is 12.6. The van der Waals surface area contributed by atoms with E-state index in [-0.39, 0.29) is 5.41 Å². The van der Waals surface area contributed by atoms with Crippen LogP contribution in [0.25, 0.3) is 93.9 Å². The summed E-state index contributed by atoms with van der Waals surface area (Å²) in [6.07, 6.45) is 0. The predicted molar refractivity (Wildman–Crippen MR) is 292 cm³/mol. The van der Waals surface area contributed by atoms with E-state index < -0.39 is 0 Å². The standard InChI is InChI=1S/C67H48N2/c1-67(2)60-37-13-9-30-54(60)58-36-20-34-53(66(58)67)47-25-17-28-50(43-47)69(62-39-15-11-31-55(62)57-35-19-24-46-23-18-33-52(65(46)57)45-21-5-3-6-22-45)61-38-14-10-29-51(61)48-41-42-64-59(44-48)56-32-12-16-40-63(56)68(64)49-26-7-4-8-27-49/h3-44H,1-2H3. The molecule has 0 spiro atoms. The molecule has 0 N–H and O–H groups in total. The van der Waals surface area contributed by atoms with Crippen LogP contribution in [0.2, 0.25) is 0 Å². The fourth-order valence-electron chi connectivity index (χ4n) is 11.5. The highest BCUT2D eigenvalue weighted by atomic mass is 15.1. The number of hydrogen-bond donors (Lipinski definition) is 0. The SMILES string of the molecule is CC1(C)c2ccccc2-c2cccc(-c3cccc(N(c4ccccc4-c4ccc5c(c4)c4ccccc4n5-c4ccccc4)c4ccccc4-c4cccc5cccc(-c6ccccc6)c45)c3)c21. The highest BCUT2D eigenvalue weighted by Gasteiger charge is 2.37. The van der Waals surface area contributed by atoms with Crippen LogP contribution in [0.1, 0.15) is 25.0 Å². The maximum Gasteiger partial charge on any atom is 0.0541 e. The Labute approximate surface area is 403 Å². The molecule has 0 fully saturated rings. The van der Waals surface area contributed by atoms with E-state index in [1.165, 1.54) is 82.6 Å². The topological polar surface area (TPSA) is 8.17 Å². The third-order valence-corrected chi connectivity index (χ3v) is 14.6. The Balaban J connectivity index is 1.05. The predicted octanol–water partition coefficient (Wildman–Crippen LogP) is 18.4. The fourth-order valence-corrected chi connectivity index (χ4v) is 11.5. The van der Waals surface area contributed by atoms with Crippen LogP contribution >= 0.6 is 0 Å². The molecule has 326 valence electrons. The van der Waals surface area contributed by atoms with E-state index in [1.54, 1.807) is 0 Å². The molecule has 0 atom stereocenters. The van der Waals surface area contributed by atoms with Crippen molar-refractivity contribution in [2.45, 2.75) is 19.3 Å². The molecular formula is C67H48N2. The molecule has 0 bridgehead atoms. The average Bonchev–Trinajstić information content (AvgIpc) is 3.87. The Bertz CT molecular complexity index is 3930. The molecule has 1 aliphatic rings. The number of nitrogens with zero attached hydrogens (tertiary/aromatic N) is 2. The number of para-hydroxylation sites is 4. The van der Waals surface area contributed by atoms with Crippen LogP contribution in [-0.2, 0) is 5.41 Å². The molecule has 1 heterocycles. The van der Waals surface area contributed by atoms with Gasteiger partial charge in [0.2, 0.25) is 0 Å². The van der Waals surface area contributed by atoms with E-state index in [0.29, 0.717) is 0 Å². The van der Waals surface area contributed by atoms with E-state index in [1.807, 2.05) is 0 Å². The summed E-state index contributed by atoms with van der Waals surface area (Å²) < 4.78 is 2.39. The zero-order valence-electron chi connectivity index (χ0n) is 38.6. The van der Waals surface area contributed by atoms with Crippen LogP contribution in [0, 0.1) is 0 Å². The lowest BCUT2D eigenvalue weighted by atomic mass is 9.79. The van der Waals surface area contributed by atoms with Crippen LogP contribution in [0.15, 0.2) is 255 Å². The van der Waals surface area contributed by atoms with Gasteiger partial charge in [-0.05, 0) is 121 Å². The lowest BCUT2D eigenvalue weighted by molar-refractivity contribution is 0.662. The van der Waals surface area contributed by atoms with Crippen LogP contribution in [0.4, 0.5) is 17.1 Å². The molecule has 1 aliphatic carbocycles. The zero-order valence-corrected chi connectivity index (χ0v) is 38.6. The minimum atomic E-state index is -0.162. The smallest absolute Gasteiger partial charge is 0.0541 e. The Morgan fingerprint density at radius 1 is 0.348 bits per heavy atom. The van der Waals surface area contributed by atoms with Gasteiger partial charge in [-0.15, -0.1) is 0 Å². The summed E-state index contributed by atoms with van der Waals surface area (Å²) >= 11 is 0. The summed E-state index contributed by atoms with van der Waals surface area (Å²) in [6, 6.07) is 93.8. The van der Waals surface area contributed by atoms with Gasteiger partial charge in [0.15, 0.2) is 0 Å². The molecular weight excluding hydrogens is 833 g/mol.